The van der Waals surface area contributed by atoms with Gasteiger partial charge in [0, 0.05) is 38.9 Å². The van der Waals surface area contributed by atoms with Crippen molar-refractivity contribution >= 4 is 57.8 Å². The second-order valence-corrected chi connectivity index (χ2v) is 11.0. The van der Waals surface area contributed by atoms with Crippen LogP contribution in [0.1, 0.15) is 23.6 Å². The highest BCUT2D eigenvalue weighted by Crippen LogP contribution is 2.34. The van der Waals surface area contributed by atoms with E-state index in [1.165, 1.54) is 16.2 Å². The molecule has 4 heterocycles. The predicted molar refractivity (Wildman–Crippen MR) is 157 cm³/mol. The fraction of sp³-hybridized carbons (Fsp3) is 0.321. The molecule has 5 rings (SSSR count). The monoisotopic (exact) mass is 563 g/mol. The van der Waals surface area contributed by atoms with Gasteiger partial charge in [0.1, 0.15) is 15.8 Å². The number of hydrogen-bond donors (Lipinski definition) is 0. The predicted octanol–water partition coefficient (Wildman–Crippen LogP) is 3.73. The van der Waals surface area contributed by atoms with E-state index in [-0.39, 0.29) is 17.6 Å². The lowest BCUT2D eigenvalue weighted by atomic mass is 10.1. The second kappa shape index (κ2) is 11.6. The Balaban J connectivity index is 1.47. The average Bonchev–Trinajstić information content (AvgIpc) is 3.21. The van der Waals surface area contributed by atoms with Gasteiger partial charge in [0.2, 0.25) is 0 Å². The van der Waals surface area contributed by atoms with Crippen molar-refractivity contribution in [2.45, 2.75) is 20.3 Å². The van der Waals surface area contributed by atoms with Crippen LogP contribution in [0.3, 0.4) is 0 Å². The summed E-state index contributed by atoms with van der Waals surface area (Å²) in [6, 6.07) is 13.6. The zero-order valence-corrected chi connectivity index (χ0v) is 23.5. The van der Waals surface area contributed by atoms with Crippen molar-refractivity contribution in [1.82, 2.24) is 19.2 Å². The molecule has 202 valence electrons. The zero-order valence-electron chi connectivity index (χ0n) is 21.8. The molecule has 1 aromatic carbocycles. The number of carbonyl (C=O) groups excluding carboxylic acids is 2. The van der Waals surface area contributed by atoms with Gasteiger partial charge in [-0.1, -0.05) is 60.4 Å². The Hall–Kier alpha value is -3.70. The summed E-state index contributed by atoms with van der Waals surface area (Å²) in [5.74, 6) is 0.273. The molecule has 0 aliphatic carbocycles. The Labute approximate surface area is 236 Å². The quantitative estimate of drug-likeness (QED) is 0.331. The number of hydrogen-bond acceptors (Lipinski definition) is 8. The Bertz CT molecular complexity index is 1510. The summed E-state index contributed by atoms with van der Waals surface area (Å²) < 4.78 is 7.11. The minimum atomic E-state index is -0.349. The third-order valence-corrected chi connectivity index (χ3v) is 8.08. The van der Waals surface area contributed by atoms with Gasteiger partial charge in [0.15, 0.2) is 0 Å². The number of benzene rings is 1. The molecule has 39 heavy (non-hydrogen) atoms. The average molecular weight is 564 g/mol. The number of rotatable bonds is 6. The summed E-state index contributed by atoms with van der Waals surface area (Å²) in [6.45, 7) is 6.30. The first kappa shape index (κ1) is 26.9. The number of nitrogens with zero attached hydrogens (tertiary/aromatic N) is 5. The lowest BCUT2D eigenvalue weighted by Gasteiger charge is -2.35. The highest BCUT2D eigenvalue weighted by Gasteiger charge is 2.33. The molecule has 0 unspecified atom stereocenters. The highest BCUT2D eigenvalue weighted by atomic mass is 32.2. The van der Waals surface area contributed by atoms with Crippen molar-refractivity contribution in [1.29, 1.82) is 0 Å². The number of thioether (sulfide) groups is 1. The molecule has 2 fully saturated rings. The van der Waals surface area contributed by atoms with Crippen molar-refractivity contribution < 1.29 is 14.3 Å². The molecular weight excluding hydrogens is 534 g/mol. The van der Waals surface area contributed by atoms with Crippen LogP contribution in [0.15, 0.2) is 58.4 Å². The van der Waals surface area contributed by atoms with Gasteiger partial charge in [-0.05, 0) is 43.5 Å². The van der Waals surface area contributed by atoms with E-state index in [0.717, 1.165) is 11.1 Å². The molecule has 0 N–H and O–H groups in total. The van der Waals surface area contributed by atoms with Gasteiger partial charge in [-0.2, -0.15) is 0 Å². The van der Waals surface area contributed by atoms with E-state index in [2.05, 4.69) is 0 Å². The number of aryl methyl sites for hydroxylation is 1. The summed E-state index contributed by atoms with van der Waals surface area (Å²) in [7, 11) is 0. The first-order valence-corrected chi connectivity index (χ1v) is 14.1. The lowest BCUT2D eigenvalue weighted by molar-refractivity contribution is -0.122. The molecule has 2 amide bonds. The summed E-state index contributed by atoms with van der Waals surface area (Å²) in [5.41, 5.74) is 2.61. The molecular formula is C28H29N5O4S2. The van der Waals surface area contributed by atoms with Gasteiger partial charge < -0.3 is 14.5 Å². The molecule has 0 saturated carbocycles. The zero-order chi connectivity index (χ0) is 27.5. The number of anilines is 1. The molecule has 2 aromatic heterocycles. The molecule has 2 aliphatic rings. The van der Waals surface area contributed by atoms with Crippen LogP contribution in [-0.4, -0.2) is 74.8 Å². The normalized spacial score (nSPS) is 17.0. The maximum absolute atomic E-state index is 13.8. The van der Waals surface area contributed by atoms with Gasteiger partial charge >= 0.3 is 6.09 Å². The molecule has 0 radical (unpaired) electrons. The van der Waals surface area contributed by atoms with Gasteiger partial charge in [-0.25, -0.2) is 9.78 Å². The summed E-state index contributed by atoms with van der Waals surface area (Å²) >= 11 is 6.74. The molecule has 3 aromatic rings. The van der Waals surface area contributed by atoms with E-state index >= 15 is 0 Å². The highest BCUT2D eigenvalue weighted by molar-refractivity contribution is 8.26. The Morgan fingerprint density at radius 1 is 1.10 bits per heavy atom. The number of thiocarbonyl (C=S) groups is 1. The van der Waals surface area contributed by atoms with Crippen LogP contribution in [0.5, 0.6) is 0 Å². The summed E-state index contributed by atoms with van der Waals surface area (Å²) in [6.07, 6.45) is 3.70. The topological polar surface area (TPSA) is 87.5 Å². The molecule has 0 spiro atoms. The van der Waals surface area contributed by atoms with Crippen LogP contribution in [0.25, 0.3) is 11.7 Å². The third-order valence-electron chi connectivity index (χ3n) is 6.71. The van der Waals surface area contributed by atoms with Crippen molar-refractivity contribution in [3.63, 3.8) is 0 Å². The van der Waals surface area contributed by atoms with Gasteiger partial charge in [-0.15, -0.1) is 0 Å². The molecule has 2 saturated heterocycles. The second-order valence-electron chi connectivity index (χ2n) is 9.33. The number of ether oxygens (including phenoxy) is 1. The van der Waals surface area contributed by atoms with Crippen molar-refractivity contribution in [3.05, 3.63) is 80.6 Å². The number of carbonyl (C=O) groups is 2. The fourth-order valence-electron chi connectivity index (χ4n) is 4.64. The lowest BCUT2D eigenvalue weighted by Crippen LogP contribution is -2.49. The number of pyridine rings is 1. The van der Waals surface area contributed by atoms with Crippen molar-refractivity contribution in [2.24, 2.45) is 0 Å². The SMILES string of the molecule is CCOC(=O)N1CCN(c2nc3ccc(C)cn3c(=O)c2/C=C2/SC(=S)N(CCc3ccccc3)C2=O)CC1. The van der Waals surface area contributed by atoms with Crippen molar-refractivity contribution in [3.8, 4) is 0 Å². The molecule has 9 nitrogen and oxygen atoms in total. The van der Waals surface area contributed by atoms with Crippen molar-refractivity contribution in [2.75, 3.05) is 44.2 Å². The Kier molecular flexibility index (Phi) is 7.99. The third kappa shape index (κ3) is 5.69. The summed E-state index contributed by atoms with van der Waals surface area (Å²) in [5, 5.41) is 0. The maximum atomic E-state index is 13.8. The standard InChI is InChI=1S/C28H29N5O4S2/c1-3-37-27(36)31-15-13-30(14-16-31)24-21(25(34)33-18-19(2)9-10-23(33)29-24)17-22-26(35)32(28(38)39-22)12-11-20-7-5-4-6-8-20/h4-10,17-18H,3,11-16H2,1-2H3/b22-17+. The smallest absolute Gasteiger partial charge is 0.409 e. The van der Waals surface area contributed by atoms with Crippen LogP contribution < -0.4 is 10.5 Å². The summed E-state index contributed by atoms with van der Waals surface area (Å²) in [4.78, 5) is 49.8. The van der Waals surface area contributed by atoms with Gasteiger partial charge in [-0.3, -0.25) is 18.9 Å². The van der Waals surface area contributed by atoms with Crippen LogP contribution in [-0.2, 0) is 16.0 Å². The molecule has 0 atom stereocenters. The molecule has 11 heteroatoms. The van der Waals surface area contributed by atoms with E-state index in [0.29, 0.717) is 72.0 Å². The number of fused-ring (bicyclic) bond motifs is 1. The van der Waals surface area contributed by atoms with Crippen LogP contribution in [0.4, 0.5) is 10.6 Å². The Morgan fingerprint density at radius 2 is 1.85 bits per heavy atom. The van der Waals surface area contributed by atoms with Gasteiger partial charge in [0.25, 0.3) is 11.5 Å². The number of amides is 2. The first-order chi connectivity index (χ1) is 18.9. The maximum Gasteiger partial charge on any atom is 0.409 e. The molecule has 2 aliphatic heterocycles. The van der Waals surface area contributed by atoms with E-state index in [4.69, 9.17) is 21.9 Å². The van der Waals surface area contributed by atoms with E-state index in [1.54, 1.807) is 29.0 Å². The van der Waals surface area contributed by atoms with Crippen LogP contribution in [0, 0.1) is 6.92 Å². The minimum Gasteiger partial charge on any atom is -0.450 e. The Morgan fingerprint density at radius 3 is 2.56 bits per heavy atom. The van der Waals surface area contributed by atoms with Gasteiger partial charge in [0.05, 0.1) is 17.1 Å². The fourth-order valence-corrected chi connectivity index (χ4v) is 5.93. The molecule has 0 bridgehead atoms. The van der Waals surface area contributed by atoms with Crippen LogP contribution >= 0.6 is 24.0 Å². The first-order valence-electron chi connectivity index (χ1n) is 12.8. The van der Waals surface area contributed by atoms with Crippen LogP contribution in [0.2, 0.25) is 0 Å². The number of aromatic nitrogens is 2. The number of piperazine rings is 1. The van der Waals surface area contributed by atoms with E-state index < -0.39 is 0 Å². The van der Waals surface area contributed by atoms with E-state index in [9.17, 15) is 14.4 Å². The largest absolute Gasteiger partial charge is 0.450 e. The van der Waals surface area contributed by atoms with E-state index in [1.807, 2.05) is 54.3 Å². The minimum absolute atomic E-state index is 0.215.